The summed E-state index contributed by atoms with van der Waals surface area (Å²) in [6.07, 6.45) is -6.77. The summed E-state index contributed by atoms with van der Waals surface area (Å²) in [5, 5.41) is 38.4. The summed E-state index contributed by atoms with van der Waals surface area (Å²) in [4.78, 5) is 1.88. The number of halogens is 5. The molecule has 2 aromatic rings. The van der Waals surface area contributed by atoms with Crippen molar-refractivity contribution in [1.29, 1.82) is 5.26 Å². The van der Waals surface area contributed by atoms with Gasteiger partial charge in [0.05, 0.1) is 11.1 Å². The number of hydrogen-bond acceptors (Lipinski definition) is 7. The zero-order valence-corrected chi connectivity index (χ0v) is 17.0. The van der Waals surface area contributed by atoms with Crippen molar-refractivity contribution in [2.75, 3.05) is 23.3 Å². The number of nitrogens with one attached hydrogen (secondary N) is 2. The van der Waals surface area contributed by atoms with E-state index in [0.29, 0.717) is 31.6 Å². The molecule has 178 valence electrons. The van der Waals surface area contributed by atoms with Gasteiger partial charge in [-0.15, -0.1) is 0 Å². The summed E-state index contributed by atoms with van der Waals surface area (Å²) >= 11 is 0. The first-order chi connectivity index (χ1) is 15.5. The second-order valence-corrected chi connectivity index (χ2v) is 8.02. The zero-order chi connectivity index (χ0) is 24.0. The maximum Gasteiger partial charge on any atom is 0.421 e. The van der Waals surface area contributed by atoms with Crippen molar-refractivity contribution in [2.45, 2.75) is 49.8 Å². The number of hydrogen-bond donors (Lipinski definition) is 4. The summed E-state index contributed by atoms with van der Waals surface area (Å²) in [5.74, 6) is -0.851. The molecule has 1 saturated heterocycles. The van der Waals surface area contributed by atoms with Crippen LogP contribution in [-0.4, -0.2) is 52.5 Å². The number of ether oxygens (including phenoxy) is 1. The second kappa shape index (κ2) is 8.35. The van der Waals surface area contributed by atoms with E-state index in [1.165, 1.54) is 18.2 Å². The fourth-order valence-corrected chi connectivity index (χ4v) is 4.45. The average molecular weight is 473 g/mol. The van der Waals surface area contributed by atoms with Crippen molar-refractivity contribution in [3.8, 4) is 11.8 Å². The van der Waals surface area contributed by atoms with Crippen LogP contribution in [0.25, 0.3) is 0 Å². The molecule has 13 heteroatoms. The molecule has 0 saturated carbocycles. The van der Waals surface area contributed by atoms with E-state index in [-0.39, 0.29) is 28.7 Å². The molecule has 0 amide bonds. The number of aliphatic hydroxyl groups excluding tert-OH is 1. The van der Waals surface area contributed by atoms with Gasteiger partial charge in [0.1, 0.15) is 18.0 Å². The Balaban J connectivity index is 1.54. The van der Waals surface area contributed by atoms with Gasteiger partial charge in [-0.05, 0) is 31.0 Å². The Kier molecular flexibility index (Phi) is 5.83. The van der Waals surface area contributed by atoms with Crippen LogP contribution in [0.15, 0.2) is 18.2 Å². The molecule has 1 aromatic carbocycles. The minimum Gasteiger partial charge on any atom is -0.433 e. The van der Waals surface area contributed by atoms with Gasteiger partial charge in [-0.25, -0.2) is 0 Å². The molecule has 0 aliphatic carbocycles. The lowest BCUT2D eigenvalue weighted by molar-refractivity contribution is -0.276. The Morgan fingerprint density at radius 2 is 1.97 bits per heavy atom. The molecule has 4 rings (SSSR count). The van der Waals surface area contributed by atoms with Crippen molar-refractivity contribution in [1.82, 2.24) is 10.2 Å². The zero-order valence-electron chi connectivity index (χ0n) is 17.0. The summed E-state index contributed by atoms with van der Waals surface area (Å²) in [6.45, 7) is -2.26. The van der Waals surface area contributed by atoms with Crippen LogP contribution in [0, 0.1) is 11.3 Å². The quantitative estimate of drug-likeness (QED) is 0.504. The maximum atomic E-state index is 13.7. The van der Waals surface area contributed by atoms with Crippen LogP contribution in [0.4, 0.5) is 33.5 Å². The first kappa shape index (κ1) is 23.1. The first-order valence-electron chi connectivity index (χ1n) is 10.1. The number of rotatable bonds is 4. The smallest absolute Gasteiger partial charge is 0.421 e. The summed E-state index contributed by atoms with van der Waals surface area (Å²) in [5.41, 5.74) is -2.96. The number of nitrogens with zero attached hydrogens (tertiary/aromatic N) is 3. The van der Waals surface area contributed by atoms with E-state index >= 15 is 0 Å². The Bertz CT molecular complexity index is 1060. The van der Waals surface area contributed by atoms with E-state index in [1.54, 1.807) is 0 Å². The lowest BCUT2D eigenvalue weighted by Gasteiger charge is -2.39. The molecule has 0 radical (unpaired) electrons. The SMILES string of the molecule is N#Cc1cc(N2CCC(c3[nH]nc4c3C(O)(C(F)(F)F)CC(O)N4)CC2)ccc1OC(F)F. The number of fused-ring (bicyclic) bond motifs is 1. The minimum absolute atomic E-state index is 0.0579. The third kappa shape index (κ3) is 4.16. The van der Waals surface area contributed by atoms with E-state index < -0.39 is 36.6 Å². The van der Waals surface area contributed by atoms with Gasteiger partial charge in [-0.2, -0.15) is 32.3 Å². The number of aliphatic hydroxyl groups is 2. The van der Waals surface area contributed by atoms with E-state index in [9.17, 15) is 37.4 Å². The van der Waals surface area contributed by atoms with Crippen LogP contribution >= 0.6 is 0 Å². The predicted octanol–water partition coefficient (Wildman–Crippen LogP) is 3.15. The van der Waals surface area contributed by atoms with E-state index in [0.717, 1.165) is 0 Å². The molecule has 2 aliphatic rings. The molecule has 33 heavy (non-hydrogen) atoms. The van der Waals surface area contributed by atoms with Gasteiger partial charge in [0.15, 0.2) is 11.4 Å². The van der Waals surface area contributed by atoms with Gasteiger partial charge in [-0.1, -0.05) is 0 Å². The van der Waals surface area contributed by atoms with Crippen molar-refractivity contribution in [3.05, 3.63) is 35.0 Å². The van der Waals surface area contributed by atoms with Crippen LogP contribution in [0.1, 0.15) is 42.0 Å². The van der Waals surface area contributed by atoms with Gasteiger partial charge < -0.3 is 25.2 Å². The highest BCUT2D eigenvalue weighted by atomic mass is 19.4. The van der Waals surface area contributed by atoms with Crippen LogP contribution in [-0.2, 0) is 5.60 Å². The predicted molar refractivity (Wildman–Crippen MR) is 105 cm³/mol. The number of nitriles is 1. The topological polar surface area (TPSA) is 117 Å². The molecule has 2 aliphatic heterocycles. The number of aromatic amines is 1. The molecule has 3 heterocycles. The number of piperidine rings is 1. The molecule has 4 N–H and O–H groups in total. The molecule has 2 atom stereocenters. The fourth-order valence-electron chi connectivity index (χ4n) is 4.45. The molecular weight excluding hydrogens is 453 g/mol. The van der Waals surface area contributed by atoms with Crippen LogP contribution in [0.5, 0.6) is 5.75 Å². The Morgan fingerprint density at radius 3 is 2.58 bits per heavy atom. The van der Waals surface area contributed by atoms with Crippen molar-refractivity contribution < 1.29 is 36.9 Å². The van der Waals surface area contributed by atoms with Crippen LogP contribution < -0.4 is 15.0 Å². The van der Waals surface area contributed by atoms with Crippen LogP contribution in [0.2, 0.25) is 0 Å². The second-order valence-electron chi connectivity index (χ2n) is 8.02. The standard InChI is InChI=1S/C20H20F5N5O3/c21-18(22)33-13-2-1-12(7-11(13)9-26)30-5-3-10(4-6-30)16-15-17(29-28-16)27-14(31)8-19(15,32)20(23,24)25/h1-2,7,10,14,18,31-32H,3-6,8H2,(H2,27,28,29). The molecule has 0 spiro atoms. The number of benzene rings is 1. The number of aromatic nitrogens is 2. The summed E-state index contributed by atoms with van der Waals surface area (Å²) in [6, 6.07) is 6.04. The highest BCUT2D eigenvalue weighted by Gasteiger charge is 2.60. The number of H-pyrrole nitrogens is 1. The van der Waals surface area contributed by atoms with E-state index in [4.69, 9.17) is 0 Å². The largest absolute Gasteiger partial charge is 0.433 e. The summed E-state index contributed by atoms with van der Waals surface area (Å²) < 4.78 is 70.5. The molecule has 2 unspecified atom stereocenters. The molecule has 1 fully saturated rings. The summed E-state index contributed by atoms with van der Waals surface area (Å²) in [7, 11) is 0. The maximum absolute atomic E-state index is 13.7. The molecule has 0 bridgehead atoms. The number of alkyl halides is 5. The number of anilines is 2. The Morgan fingerprint density at radius 1 is 1.27 bits per heavy atom. The van der Waals surface area contributed by atoms with Crippen LogP contribution in [0.3, 0.4) is 0 Å². The van der Waals surface area contributed by atoms with Gasteiger partial charge >= 0.3 is 12.8 Å². The van der Waals surface area contributed by atoms with Crippen molar-refractivity contribution >= 4 is 11.5 Å². The highest BCUT2D eigenvalue weighted by molar-refractivity contribution is 5.58. The monoisotopic (exact) mass is 473 g/mol. The fraction of sp³-hybridized carbons (Fsp3) is 0.500. The van der Waals surface area contributed by atoms with E-state index in [1.807, 2.05) is 11.0 Å². The molecule has 1 aromatic heterocycles. The first-order valence-corrected chi connectivity index (χ1v) is 10.1. The molecular formula is C20H20F5N5O3. The average Bonchev–Trinajstić information content (AvgIpc) is 3.17. The van der Waals surface area contributed by atoms with Gasteiger partial charge in [0.2, 0.25) is 0 Å². The molecule has 8 nitrogen and oxygen atoms in total. The Hall–Kier alpha value is -3.11. The van der Waals surface area contributed by atoms with Gasteiger partial charge in [0.25, 0.3) is 0 Å². The Labute approximate surface area is 184 Å². The van der Waals surface area contributed by atoms with Crippen molar-refractivity contribution in [2.24, 2.45) is 0 Å². The third-order valence-corrected chi connectivity index (χ3v) is 6.04. The minimum atomic E-state index is -5.01. The van der Waals surface area contributed by atoms with E-state index in [2.05, 4.69) is 20.3 Å². The van der Waals surface area contributed by atoms with Gasteiger partial charge in [-0.3, -0.25) is 5.10 Å². The lowest BCUT2D eigenvalue weighted by atomic mass is 9.80. The highest BCUT2D eigenvalue weighted by Crippen LogP contribution is 2.50. The van der Waals surface area contributed by atoms with Gasteiger partial charge in [0, 0.05) is 36.8 Å². The van der Waals surface area contributed by atoms with Crippen molar-refractivity contribution in [3.63, 3.8) is 0 Å². The third-order valence-electron chi connectivity index (χ3n) is 6.04. The normalized spacial score (nSPS) is 23.7. The lowest BCUT2D eigenvalue weighted by Crippen LogP contribution is -2.50.